The number of hydrogen-bond donors (Lipinski definition) is 1. The normalized spacial score (nSPS) is 13.0. The van der Waals surface area contributed by atoms with E-state index in [1.165, 1.54) is 0 Å². The fraction of sp³-hybridized carbons (Fsp3) is 0.400. The molecular weight excluding hydrogens is 266 g/mol. The summed E-state index contributed by atoms with van der Waals surface area (Å²) in [7, 11) is 0. The Balaban J connectivity index is 2.19. The quantitative estimate of drug-likeness (QED) is 0.799. The molecule has 1 N–H and O–H groups in total. The molecule has 0 amide bonds. The Hall–Kier alpha value is -2.21. The van der Waals surface area contributed by atoms with E-state index < -0.39 is 6.10 Å². The van der Waals surface area contributed by atoms with Crippen molar-refractivity contribution in [2.24, 2.45) is 0 Å². The zero-order valence-corrected chi connectivity index (χ0v) is 12.5. The molecule has 6 nitrogen and oxygen atoms in total. The van der Waals surface area contributed by atoms with Gasteiger partial charge in [0, 0.05) is 12.7 Å². The number of pyridine rings is 1. The summed E-state index contributed by atoms with van der Waals surface area (Å²) in [5, 5.41) is 14.1. The Morgan fingerprint density at radius 3 is 2.76 bits per heavy atom. The summed E-state index contributed by atoms with van der Waals surface area (Å²) < 4.78 is 3.86. The Kier molecular flexibility index (Phi) is 3.47. The highest BCUT2D eigenvalue weighted by atomic mass is 16.3. The fourth-order valence-corrected chi connectivity index (χ4v) is 2.41. The van der Waals surface area contributed by atoms with Crippen LogP contribution in [0.1, 0.15) is 37.9 Å². The molecule has 3 aromatic rings. The number of aliphatic hydroxyl groups is 1. The zero-order valence-electron chi connectivity index (χ0n) is 12.5. The molecule has 3 rings (SSSR count). The average molecular weight is 285 g/mol. The molecule has 0 aromatic carbocycles. The molecule has 0 aliphatic heterocycles. The fourth-order valence-electron chi connectivity index (χ4n) is 2.41. The van der Waals surface area contributed by atoms with Crippen LogP contribution in [0, 0.1) is 6.92 Å². The summed E-state index contributed by atoms with van der Waals surface area (Å²) in [6, 6.07) is 5.90. The Labute approximate surface area is 123 Å². The number of aliphatic hydroxyl groups excluding tert-OH is 1. The van der Waals surface area contributed by atoms with Gasteiger partial charge in [0.2, 0.25) is 0 Å². The lowest BCUT2D eigenvalue weighted by molar-refractivity contribution is 0.188. The van der Waals surface area contributed by atoms with Gasteiger partial charge in [-0.2, -0.15) is 5.10 Å². The number of rotatable bonds is 4. The first-order chi connectivity index (χ1) is 10.1. The molecule has 21 heavy (non-hydrogen) atoms. The van der Waals surface area contributed by atoms with Crippen molar-refractivity contribution in [3.8, 4) is 11.5 Å². The van der Waals surface area contributed by atoms with Crippen LogP contribution in [0.15, 0.2) is 24.4 Å². The second-order valence-corrected chi connectivity index (χ2v) is 5.17. The number of aromatic nitrogens is 5. The van der Waals surface area contributed by atoms with Crippen molar-refractivity contribution in [1.29, 1.82) is 0 Å². The van der Waals surface area contributed by atoms with Crippen molar-refractivity contribution >= 4 is 5.65 Å². The van der Waals surface area contributed by atoms with Gasteiger partial charge in [-0.25, -0.2) is 14.6 Å². The van der Waals surface area contributed by atoms with Crippen molar-refractivity contribution in [3.63, 3.8) is 0 Å². The van der Waals surface area contributed by atoms with E-state index in [1.54, 1.807) is 6.92 Å². The summed E-state index contributed by atoms with van der Waals surface area (Å²) in [6.07, 6.45) is 2.25. The highest BCUT2D eigenvalue weighted by Gasteiger charge is 2.19. The molecule has 0 spiro atoms. The van der Waals surface area contributed by atoms with E-state index in [4.69, 9.17) is 0 Å². The van der Waals surface area contributed by atoms with Gasteiger partial charge in [0.1, 0.15) is 17.4 Å². The Bertz CT molecular complexity index is 772. The van der Waals surface area contributed by atoms with Crippen LogP contribution < -0.4 is 0 Å². The third-order valence-electron chi connectivity index (χ3n) is 3.48. The number of aryl methyl sites for hydroxylation is 2. The van der Waals surface area contributed by atoms with Gasteiger partial charge >= 0.3 is 0 Å². The molecule has 0 aliphatic carbocycles. The van der Waals surface area contributed by atoms with Gasteiger partial charge in [0.25, 0.3) is 0 Å². The zero-order chi connectivity index (χ0) is 15.0. The van der Waals surface area contributed by atoms with Gasteiger partial charge in [-0.05, 0) is 32.4 Å². The molecule has 110 valence electrons. The van der Waals surface area contributed by atoms with E-state index in [0.717, 1.165) is 30.0 Å². The molecule has 3 heterocycles. The number of imidazole rings is 1. The average Bonchev–Trinajstić information content (AvgIpc) is 3.02. The van der Waals surface area contributed by atoms with Crippen LogP contribution in [-0.4, -0.2) is 29.3 Å². The van der Waals surface area contributed by atoms with Gasteiger partial charge < -0.3 is 9.51 Å². The standard InChI is InChI=1S/C15H19N5O/c1-4-8-20-15(17-14(18-20)11(3)21)13-10(2)19-9-6-5-7-12(19)16-13/h5-7,9,11,21H,4,8H2,1-3H3. The lowest BCUT2D eigenvalue weighted by Crippen LogP contribution is -2.03. The number of nitrogens with zero attached hydrogens (tertiary/aromatic N) is 5. The first-order valence-corrected chi connectivity index (χ1v) is 7.18. The summed E-state index contributed by atoms with van der Waals surface area (Å²) in [4.78, 5) is 9.14. The van der Waals surface area contributed by atoms with Crippen molar-refractivity contribution in [3.05, 3.63) is 35.9 Å². The van der Waals surface area contributed by atoms with Crippen LogP contribution in [0.3, 0.4) is 0 Å². The minimum atomic E-state index is -0.681. The van der Waals surface area contributed by atoms with E-state index in [9.17, 15) is 5.11 Å². The monoisotopic (exact) mass is 285 g/mol. The van der Waals surface area contributed by atoms with Crippen LogP contribution in [0.2, 0.25) is 0 Å². The number of hydrogen-bond acceptors (Lipinski definition) is 4. The molecule has 0 saturated carbocycles. The molecule has 1 unspecified atom stereocenters. The lowest BCUT2D eigenvalue weighted by atomic mass is 10.3. The molecular formula is C15H19N5O. The van der Waals surface area contributed by atoms with Crippen LogP contribution in [0.25, 0.3) is 17.2 Å². The third-order valence-corrected chi connectivity index (χ3v) is 3.48. The summed E-state index contributed by atoms with van der Waals surface area (Å²) in [6.45, 7) is 6.53. The van der Waals surface area contributed by atoms with Gasteiger partial charge in [0.05, 0.1) is 5.69 Å². The first-order valence-electron chi connectivity index (χ1n) is 7.18. The Morgan fingerprint density at radius 1 is 1.29 bits per heavy atom. The maximum absolute atomic E-state index is 9.72. The van der Waals surface area contributed by atoms with Crippen LogP contribution in [0.4, 0.5) is 0 Å². The molecule has 1 atom stereocenters. The second kappa shape index (κ2) is 5.29. The molecule has 0 fully saturated rings. The largest absolute Gasteiger partial charge is 0.385 e. The molecule has 0 bridgehead atoms. The first kappa shape index (κ1) is 13.8. The van der Waals surface area contributed by atoms with E-state index in [2.05, 4.69) is 22.0 Å². The summed E-state index contributed by atoms with van der Waals surface area (Å²) in [5.41, 5.74) is 2.72. The topological polar surface area (TPSA) is 68.2 Å². The third kappa shape index (κ3) is 2.31. The van der Waals surface area contributed by atoms with E-state index in [0.29, 0.717) is 11.6 Å². The smallest absolute Gasteiger partial charge is 0.179 e. The summed E-state index contributed by atoms with van der Waals surface area (Å²) in [5.74, 6) is 1.16. The van der Waals surface area contributed by atoms with Gasteiger partial charge in [0.15, 0.2) is 11.6 Å². The predicted molar refractivity (Wildman–Crippen MR) is 79.9 cm³/mol. The molecule has 0 radical (unpaired) electrons. The van der Waals surface area contributed by atoms with Crippen LogP contribution in [0.5, 0.6) is 0 Å². The van der Waals surface area contributed by atoms with Crippen molar-refractivity contribution in [1.82, 2.24) is 24.1 Å². The predicted octanol–water partition coefficient (Wildman–Crippen LogP) is 2.36. The molecule has 3 aromatic heterocycles. The van der Waals surface area contributed by atoms with E-state index in [-0.39, 0.29) is 0 Å². The highest BCUT2D eigenvalue weighted by Crippen LogP contribution is 2.24. The SMILES string of the molecule is CCCn1nc(C(C)O)nc1-c1nc2ccccn2c1C. The maximum atomic E-state index is 9.72. The molecule has 6 heteroatoms. The minimum absolute atomic E-state index is 0.440. The second-order valence-electron chi connectivity index (χ2n) is 5.17. The lowest BCUT2D eigenvalue weighted by Gasteiger charge is -2.02. The van der Waals surface area contributed by atoms with Crippen molar-refractivity contribution < 1.29 is 5.11 Å². The van der Waals surface area contributed by atoms with Crippen LogP contribution >= 0.6 is 0 Å². The van der Waals surface area contributed by atoms with Gasteiger partial charge in [-0.1, -0.05) is 13.0 Å². The van der Waals surface area contributed by atoms with Crippen molar-refractivity contribution in [2.45, 2.75) is 39.8 Å². The van der Waals surface area contributed by atoms with Gasteiger partial charge in [-0.15, -0.1) is 0 Å². The molecule has 0 saturated heterocycles. The van der Waals surface area contributed by atoms with Crippen molar-refractivity contribution in [2.75, 3.05) is 0 Å². The van der Waals surface area contributed by atoms with E-state index >= 15 is 0 Å². The highest BCUT2D eigenvalue weighted by molar-refractivity contribution is 5.60. The maximum Gasteiger partial charge on any atom is 0.179 e. The molecule has 0 aliphatic rings. The summed E-state index contributed by atoms with van der Waals surface area (Å²) >= 11 is 0. The number of fused-ring (bicyclic) bond motifs is 1. The Morgan fingerprint density at radius 2 is 2.10 bits per heavy atom. The minimum Gasteiger partial charge on any atom is -0.385 e. The van der Waals surface area contributed by atoms with Crippen LogP contribution in [-0.2, 0) is 6.54 Å². The van der Waals surface area contributed by atoms with Gasteiger partial charge in [-0.3, -0.25) is 0 Å². The van der Waals surface area contributed by atoms with E-state index in [1.807, 2.05) is 40.4 Å².